The maximum atomic E-state index is 5.66. The van der Waals surface area contributed by atoms with Gasteiger partial charge in [0.2, 0.25) is 0 Å². The zero-order chi connectivity index (χ0) is 12.1. The number of nitrogens with two attached hydrogens (primary N) is 1. The summed E-state index contributed by atoms with van der Waals surface area (Å²) in [6.07, 6.45) is 2.60. The molecule has 0 aliphatic rings. The Bertz CT molecular complexity index is 484. The Labute approximate surface area is 104 Å². The third-order valence-electron chi connectivity index (χ3n) is 2.44. The highest BCUT2D eigenvalue weighted by atomic mass is 32.1. The van der Waals surface area contributed by atoms with Crippen molar-refractivity contribution in [2.75, 3.05) is 6.61 Å². The second-order valence-corrected chi connectivity index (χ2v) is 4.59. The van der Waals surface area contributed by atoms with E-state index in [9.17, 15) is 0 Å². The van der Waals surface area contributed by atoms with Crippen molar-refractivity contribution in [3.63, 3.8) is 0 Å². The van der Waals surface area contributed by atoms with Crippen molar-refractivity contribution in [2.45, 2.75) is 19.9 Å². The molecule has 2 N–H and O–H groups in total. The number of aryl methyl sites for hydroxylation is 1. The molecule has 0 aliphatic carbocycles. The van der Waals surface area contributed by atoms with Gasteiger partial charge in [0.15, 0.2) is 0 Å². The third kappa shape index (κ3) is 3.25. The predicted molar refractivity (Wildman–Crippen MR) is 68.2 cm³/mol. The van der Waals surface area contributed by atoms with Crippen LogP contribution in [0.5, 0.6) is 5.75 Å². The first-order valence-corrected chi connectivity index (χ1v) is 6.34. The fourth-order valence-electron chi connectivity index (χ4n) is 1.49. The third-order valence-corrected chi connectivity index (χ3v) is 3.43. The summed E-state index contributed by atoms with van der Waals surface area (Å²) in [5.41, 5.74) is 9.32. The first-order valence-electron chi connectivity index (χ1n) is 5.46. The summed E-state index contributed by atoms with van der Waals surface area (Å²) >= 11 is 1.67. The number of nitrogens with zero attached hydrogens (tertiary/aromatic N) is 2. The quantitative estimate of drug-likeness (QED) is 0.879. The van der Waals surface area contributed by atoms with Gasteiger partial charge < -0.3 is 10.5 Å². The first kappa shape index (κ1) is 12.0. The molecular formula is C12H15N3OS. The van der Waals surface area contributed by atoms with Gasteiger partial charge in [-0.15, -0.1) is 11.3 Å². The van der Waals surface area contributed by atoms with Crippen molar-refractivity contribution in [1.82, 2.24) is 9.97 Å². The van der Waals surface area contributed by atoms with Crippen LogP contribution < -0.4 is 10.5 Å². The van der Waals surface area contributed by atoms with Crippen LogP contribution in [0.4, 0.5) is 0 Å². The Balaban J connectivity index is 1.87. The molecule has 2 rings (SSSR count). The maximum absolute atomic E-state index is 5.66. The van der Waals surface area contributed by atoms with Crippen LogP contribution in [0.3, 0.4) is 0 Å². The lowest BCUT2D eigenvalue weighted by molar-refractivity contribution is 0.322. The van der Waals surface area contributed by atoms with E-state index in [-0.39, 0.29) is 0 Å². The van der Waals surface area contributed by atoms with Crippen LogP contribution in [0.1, 0.15) is 16.3 Å². The minimum atomic E-state index is 0.436. The lowest BCUT2D eigenvalue weighted by Gasteiger charge is -2.06. The summed E-state index contributed by atoms with van der Waals surface area (Å²) in [4.78, 5) is 9.60. The molecule has 0 atom stereocenters. The normalized spacial score (nSPS) is 10.5. The number of pyridine rings is 1. The molecule has 0 aromatic carbocycles. The van der Waals surface area contributed by atoms with Gasteiger partial charge in [0, 0.05) is 30.1 Å². The number of aromatic nitrogens is 2. The molecule has 5 heteroatoms. The molecule has 0 radical (unpaired) electrons. The molecule has 2 aromatic heterocycles. The molecular weight excluding hydrogens is 234 g/mol. The Morgan fingerprint density at radius 1 is 1.41 bits per heavy atom. The van der Waals surface area contributed by atoms with Crippen molar-refractivity contribution < 1.29 is 4.74 Å². The van der Waals surface area contributed by atoms with Gasteiger partial charge in [0.1, 0.15) is 5.75 Å². The lowest BCUT2D eigenvalue weighted by atomic mass is 10.3. The minimum absolute atomic E-state index is 0.436. The predicted octanol–water partition coefficient (Wildman–Crippen LogP) is 1.93. The van der Waals surface area contributed by atoms with Crippen molar-refractivity contribution in [3.05, 3.63) is 40.1 Å². The van der Waals surface area contributed by atoms with E-state index >= 15 is 0 Å². The van der Waals surface area contributed by atoms with E-state index in [4.69, 9.17) is 10.5 Å². The van der Waals surface area contributed by atoms with E-state index in [1.165, 1.54) is 4.88 Å². The van der Waals surface area contributed by atoms with Crippen molar-refractivity contribution >= 4 is 11.3 Å². The summed E-state index contributed by atoms with van der Waals surface area (Å²) in [5.74, 6) is 0.822. The first-order chi connectivity index (χ1) is 8.29. The lowest BCUT2D eigenvalue weighted by Crippen LogP contribution is -2.03. The number of ether oxygens (including phenoxy) is 1. The fraction of sp³-hybridized carbons (Fsp3) is 0.333. The van der Waals surface area contributed by atoms with Crippen LogP contribution in [0.15, 0.2) is 23.8 Å². The average molecular weight is 249 g/mol. The molecule has 0 saturated carbocycles. The monoisotopic (exact) mass is 249 g/mol. The summed E-state index contributed by atoms with van der Waals surface area (Å²) in [7, 11) is 0. The van der Waals surface area contributed by atoms with E-state index < -0.39 is 0 Å². The summed E-state index contributed by atoms with van der Waals surface area (Å²) < 4.78 is 5.66. The van der Waals surface area contributed by atoms with Gasteiger partial charge >= 0.3 is 0 Å². The minimum Gasteiger partial charge on any atom is -0.493 e. The second kappa shape index (κ2) is 5.75. The van der Waals surface area contributed by atoms with Crippen LogP contribution in [0.25, 0.3) is 0 Å². The van der Waals surface area contributed by atoms with E-state index in [1.807, 2.05) is 24.6 Å². The topological polar surface area (TPSA) is 61.0 Å². The second-order valence-electron chi connectivity index (χ2n) is 3.65. The zero-order valence-corrected chi connectivity index (χ0v) is 10.5. The van der Waals surface area contributed by atoms with Crippen LogP contribution in [-0.2, 0) is 13.0 Å². The van der Waals surface area contributed by atoms with Gasteiger partial charge in [-0.3, -0.25) is 4.98 Å². The average Bonchev–Trinajstić information content (AvgIpc) is 2.76. The number of rotatable bonds is 5. The molecule has 4 nitrogen and oxygen atoms in total. The van der Waals surface area contributed by atoms with Gasteiger partial charge in [-0.25, -0.2) is 4.98 Å². The number of thiazole rings is 1. The fourth-order valence-corrected chi connectivity index (χ4v) is 2.25. The molecule has 90 valence electrons. The van der Waals surface area contributed by atoms with Crippen LogP contribution in [0.2, 0.25) is 0 Å². The van der Waals surface area contributed by atoms with Crippen LogP contribution >= 0.6 is 11.3 Å². The van der Waals surface area contributed by atoms with E-state index in [1.54, 1.807) is 17.5 Å². The molecule has 0 unspecified atom stereocenters. The molecule has 0 fully saturated rings. The highest BCUT2D eigenvalue weighted by molar-refractivity contribution is 7.09. The molecule has 2 heterocycles. The summed E-state index contributed by atoms with van der Waals surface area (Å²) in [5, 5.41) is 0. The van der Waals surface area contributed by atoms with Gasteiger partial charge in [-0.1, -0.05) is 0 Å². The summed E-state index contributed by atoms with van der Waals surface area (Å²) in [6, 6.07) is 3.72. The van der Waals surface area contributed by atoms with E-state index in [2.05, 4.69) is 9.97 Å². The molecule has 0 spiro atoms. The van der Waals surface area contributed by atoms with Crippen molar-refractivity contribution in [3.8, 4) is 5.75 Å². The van der Waals surface area contributed by atoms with Gasteiger partial charge in [-0.05, 0) is 13.0 Å². The summed E-state index contributed by atoms with van der Waals surface area (Å²) in [6.45, 7) is 3.10. The molecule has 17 heavy (non-hydrogen) atoms. The van der Waals surface area contributed by atoms with E-state index in [0.29, 0.717) is 13.2 Å². The molecule has 0 aliphatic heterocycles. The van der Waals surface area contributed by atoms with Gasteiger partial charge in [0.05, 0.1) is 23.5 Å². The van der Waals surface area contributed by atoms with E-state index in [0.717, 1.165) is 23.6 Å². The molecule has 2 aromatic rings. The Hall–Kier alpha value is -1.46. The maximum Gasteiger partial charge on any atom is 0.122 e. The largest absolute Gasteiger partial charge is 0.493 e. The van der Waals surface area contributed by atoms with Crippen molar-refractivity contribution in [2.24, 2.45) is 5.73 Å². The zero-order valence-electron chi connectivity index (χ0n) is 9.72. The van der Waals surface area contributed by atoms with Crippen LogP contribution in [-0.4, -0.2) is 16.6 Å². The Kier molecular flexibility index (Phi) is 4.06. The highest BCUT2D eigenvalue weighted by Gasteiger charge is 2.02. The highest BCUT2D eigenvalue weighted by Crippen LogP contribution is 2.15. The van der Waals surface area contributed by atoms with Crippen LogP contribution in [0, 0.1) is 6.92 Å². The molecule has 0 saturated heterocycles. The Morgan fingerprint density at radius 3 is 3.00 bits per heavy atom. The number of hydrogen-bond donors (Lipinski definition) is 1. The Morgan fingerprint density at radius 2 is 2.29 bits per heavy atom. The van der Waals surface area contributed by atoms with Gasteiger partial charge in [-0.2, -0.15) is 0 Å². The molecule has 0 amide bonds. The van der Waals surface area contributed by atoms with Gasteiger partial charge in [0.25, 0.3) is 0 Å². The molecule has 0 bridgehead atoms. The smallest absolute Gasteiger partial charge is 0.122 e. The number of hydrogen-bond acceptors (Lipinski definition) is 5. The standard InChI is InChI=1S/C12H15N3OS/c1-9-12(17-8-15-9)3-5-16-11-2-4-14-10(6-11)7-13/h2,4,6,8H,3,5,7,13H2,1H3. The van der Waals surface area contributed by atoms with Crippen molar-refractivity contribution in [1.29, 1.82) is 0 Å². The SMILES string of the molecule is Cc1ncsc1CCOc1ccnc(CN)c1.